The average Bonchev–Trinajstić information content (AvgIpc) is 2.99. The molecule has 0 spiro atoms. The SMILES string of the molecule is CCOC(=O)c1cnn(-c2ccsc2C)c1C1CC1. The lowest BCUT2D eigenvalue weighted by Gasteiger charge is -2.08. The van der Waals surface area contributed by atoms with Crippen molar-refractivity contribution < 1.29 is 9.53 Å². The number of aromatic nitrogens is 2. The van der Waals surface area contributed by atoms with E-state index in [9.17, 15) is 4.79 Å². The second-order valence-electron chi connectivity index (χ2n) is 4.71. The summed E-state index contributed by atoms with van der Waals surface area (Å²) in [5, 5.41) is 6.46. The number of esters is 1. The number of hydrogen-bond donors (Lipinski definition) is 0. The van der Waals surface area contributed by atoms with Gasteiger partial charge >= 0.3 is 5.97 Å². The molecule has 100 valence electrons. The summed E-state index contributed by atoms with van der Waals surface area (Å²) in [7, 11) is 0. The van der Waals surface area contributed by atoms with Crippen LogP contribution in [-0.2, 0) is 4.74 Å². The molecule has 1 aliphatic rings. The van der Waals surface area contributed by atoms with Crippen LogP contribution in [0.2, 0.25) is 0 Å². The maximum absolute atomic E-state index is 12.0. The first-order valence-electron chi connectivity index (χ1n) is 6.52. The number of rotatable bonds is 4. The third-order valence-electron chi connectivity index (χ3n) is 3.33. The third kappa shape index (κ3) is 2.18. The Morgan fingerprint density at radius 2 is 2.37 bits per heavy atom. The smallest absolute Gasteiger partial charge is 0.341 e. The Labute approximate surface area is 116 Å². The number of thiophene rings is 1. The number of hydrogen-bond acceptors (Lipinski definition) is 4. The molecule has 1 aliphatic carbocycles. The van der Waals surface area contributed by atoms with E-state index >= 15 is 0 Å². The average molecular weight is 276 g/mol. The van der Waals surface area contributed by atoms with Crippen LogP contribution < -0.4 is 0 Å². The van der Waals surface area contributed by atoms with Gasteiger partial charge in [-0.05, 0) is 38.1 Å². The summed E-state index contributed by atoms with van der Waals surface area (Å²) in [6, 6.07) is 2.05. The zero-order valence-electron chi connectivity index (χ0n) is 11.0. The summed E-state index contributed by atoms with van der Waals surface area (Å²) in [6.45, 7) is 4.29. The van der Waals surface area contributed by atoms with Crippen molar-refractivity contribution in [3.8, 4) is 5.69 Å². The minimum Gasteiger partial charge on any atom is -0.462 e. The fraction of sp³-hybridized carbons (Fsp3) is 0.429. The van der Waals surface area contributed by atoms with E-state index in [-0.39, 0.29) is 5.97 Å². The molecule has 0 unspecified atom stereocenters. The lowest BCUT2D eigenvalue weighted by molar-refractivity contribution is 0.0525. The second-order valence-corrected chi connectivity index (χ2v) is 5.83. The second kappa shape index (κ2) is 4.81. The van der Waals surface area contributed by atoms with Gasteiger partial charge in [-0.2, -0.15) is 5.10 Å². The first-order valence-corrected chi connectivity index (χ1v) is 7.39. The Morgan fingerprint density at radius 3 is 2.95 bits per heavy atom. The van der Waals surface area contributed by atoms with Crippen LogP contribution in [-0.4, -0.2) is 22.4 Å². The summed E-state index contributed by atoms with van der Waals surface area (Å²) in [6.07, 6.45) is 3.89. The molecule has 0 aromatic carbocycles. The van der Waals surface area contributed by atoms with E-state index < -0.39 is 0 Å². The van der Waals surface area contributed by atoms with Crippen LogP contribution in [0.4, 0.5) is 0 Å². The predicted molar refractivity (Wildman–Crippen MR) is 74.1 cm³/mol. The zero-order valence-corrected chi connectivity index (χ0v) is 11.9. The van der Waals surface area contributed by atoms with Crippen molar-refractivity contribution in [3.63, 3.8) is 0 Å². The van der Waals surface area contributed by atoms with Gasteiger partial charge in [-0.15, -0.1) is 11.3 Å². The third-order valence-corrected chi connectivity index (χ3v) is 4.16. The molecular weight excluding hydrogens is 260 g/mol. The molecule has 0 atom stereocenters. The van der Waals surface area contributed by atoms with Gasteiger partial charge in [0.1, 0.15) is 5.56 Å². The van der Waals surface area contributed by atoms with Crippen molar-refractivity contribution in [2.24, 2.45) is 0 Å². The molecule has 2 aromatic heterocycles. The zero-order chi connectivity index (χ0) is 13.4. The van der Waals surface area contributed by atoms with Crippen molar-refractivity contribution in [1.82, 2.24) is 9.78 Å². The quantitative estimate of drug-likeness (QED) is 0.805. The van der Waals surface area contributed by atoms with E-state index in [2.05, 4.69) is 12.0 Å². The molecule has 1 fully saturated rings. The lowest BCUT2D eigenvalue weighted by Crippen LogP contribution is -2.09. The van der Waals surface area contributed by atoms with Gasteiger partial charge in [-0.3, -0.25) is 0 Å². The Kier molecular flexibility index (Phi) is 3.14. The maximum atomic E-state index is 12.0. The summed E-state index contributed by atoms with van der Waals surface area (Å²) in [5.74, 6) is 0.185. The van der Waals surface area contributed by atoms with Crippen molar-refractivity contribution in [1.29, 1.82) is 0 Å². The molecule has 0 N–H and O–H groups in total. The van der Waals surface area contributed by atoms with E-state index in [1.54, 1.807) is 17.5 Å². The van der Waals surface area contributed by atoms with Crippen LogP contribution >= 0.6 is 11.3 Å². The minimum atomic E-state index is -0.261. The highest BCUT2D eigenvalue weighted by molar-refractivity contribution is 7.10. The standard InChI is InChI=1S/C14H16N2O2S/c1-3-18-14(17)11-8-15-16(13(11)10-4-5-10)12-6-7-19-9(12)2/h6-8,10H,3-5H2,1-2H3. The Balaban J connectivity index is 2.06. The van der Waals surface area contributed by atoms with Crippen LogP contribution in [0.25, 0.3) is 5.69 Å². The van der Waals surface area contributed by atoms with E-state index in [0.29, 0.717) is 18.1 Å². The molecule has 1 saturated carbocycles. The van der Waals surface area contributed by atoms with Crippen molar-refractivity contribution in [2.45, 2.75) is 32.6 Å². The van der Waals surface area contributed by atoms with Crippen LogP contribution in [0.1, 0.15) is 46.6 Å². The minimum absolute atomic E-state index is 0.261. The fourth-order valence-corrected chi connectivity index (χ4v) is 2.94. The topological polar surface area (TPSA) is 44.1 Å². The van der Waals surface area contributed by atoms with E-state index in [1.165, 1.54) is 4.88 Å². The molecule has 4 nitrogen and oxygen atoms in total. The first kappa shape index (κ1) is 12.4. The van der Waals surface area contributed by atoms with E-state index in [0.717, 1.165) is 24.2 Å². The van der Waals surface area contributed by atoms with E-state index in [4.69, 9.17) is 4.74 Å². The normalized spacial score (nSPS) is 14.6. The van der Waals surface area contributed by atoms with Gasteiger partial charge in [0, 0.05) is 10.8 Å². The van der Waals surface area contributed by atoms with Gasteiger partial charge in [0.05, 0.1) is 24.2 Å². The van der Waals surface area contributed by atoms with Crippen LogP contribution in [0.3, 0.4) is 0 Å². The van der Waals surface area contributed by atoms with Crippen LogP contribution in [0, 0.1) is 6.92 Å². The number of carbonyl (C=O) groups excluding carboxylic acids is 1. The summed E-state index contributed by atoms with van der Waals surface area (Å²) < 4.78 is 7.03. The van der Waals surface area contributed by atoms with Crippen LogP contribution in [0.5, 0.6) is 0 Å². The van der Waals surface area contributed by atoms with Crippen molar-refractivity contribution >= 4 is 17.3 Å². The summed E-state index contributed by atoms with van der Waals surface area (Å²) in [4.78, 5) is 13.2. The summed E-state index contributed by atoms with van der Waals surface area (Å²) >= 11 is 1.69. The van der Waals surface area contributed by atoms with E-state index in [1.807, 2.05) is 23.1 Å². The maximum Gasteiger partial charge on any atom is 0.341 e. The van der Waals surface area contributed by atoms with Crippen molar-refractivity contribution in [2.75, 3.05) is 6.61 Å². The molecule has 2 aromatic rings. The molecule has 0 amide bonds. The van der Waals surface area contributed by atoms with Gasteiger partial charge in [0.2, 0.25) is 0 Å². The highest BCUT2D eigenvalue weighted by Crippen LogP contribution is 2.43. The van der Waals surface area contributed by atoms with Gasteiger partial charge in [-0.25, -0.2) is 9.48 Å². The molecule has 0 saturated heterocycles. The molecule has 5 heteroatoms. The monoisotopic (exact) mass is 276 g/mol. The van der Waals surface area contributed by atoms with Gasteiger partial charge in [-0.1, -0.05) is 0 Å². The Bertz CT molecular complexity index is 611. The molecular formula is C14H16N2O2S. The number of nitrogens with zero attached hydrogens (tertiary/aromatic N) is 2. The molecule has 2 heterocycles. The van der Waals surface area contributed by atoms with Gasteiger partial charge in [0.15, 0.2) is 0 Å². The Morgan fingerprint density at radius 1 is 1.58 bits per heavy atom. The lowest BCUT2D eigenvalue weighted by atomic mass is 10.1. The van der Waals surface area contributed by atoms with Gasteiger partial charge < -0.3 is 4.74 Å². The molecule has 0 aliphatic heterocycles. The molecule has 19 heavy (non-hydrogen) atoms. The Hall–Kier alpha value is -1.62. The number of ether oxygens (including phenoxy) is 1. The summed E-state index contributed by atoms with van der Waals surface area (Å²) in [5.41, 5.74) is 2.71. The highest BCUT2D eigenvalue weighted by Gasteiger charge is 2.33. The highest BCUT2D eigenvalue weighted by atomic mass is 32.1. The predicted octanol–water partition coefficient (Wildman–Crippen LogP) is 3.30. The first-order chi connectivity index (χ1) is 9.22. The molecule has 3 rings (SSSR count). The number of carbonyl (C=O) groups is 1. The van der Waals surface area contributed by atoms with Gasteiger partial charge in [0.25, 0.3) is 0 Å². The molecule has 0 radical (unpaired) electrons. The molecule has 0 bridgehead atoms. The van der Waals surface area contributed by atoms with Crippen molar-refractivity contribution in [3.05, 3.63) is 33.8 Å². The fourth-order valence-electron chi connectivity index (χ4n) is 2.26. The largest absolute Gasteiger partial charge is 0.462 e. The number of aryl methyl sites for hydroxylation is 1. The van der Waals surface area contributed by atoms with Crippen LogP contribution in [0.15, 0.2) is 17.6 Å².